The van der Waals surface area contributed by atoms with Gasteiger partial charge in [0.05, 0.1) is 6.42 Å². The van der Waals surface area contributed by atoms with Gasteiger partial charge < -0.3 is 21.1 Å². The lowest BCUT2D eigenvalue weighted by atomic mass is 10.0. The molecule has 1 aromatic heterocycles. The van der Waals surface area contributed by atoms with E-state index in [0.29, 0.717) is 22.8 Å². The molecule has 0 saturated heterocycles. The minimum Gasteiger partial charge on any atom is -0.508 e. The van der Waals surface area contributed by atoms with Crippen molar-refractivity contribution in [2.75, 3.05) is 5.32 Å². The van der Waals surface area contributed by atoms with Crippen LogP contribution in [0.1, 0.15) is 63.2 Å². The fraction of sp³-hybridized carbons (Fsp3) is 0.435. The summed E-state index contributed by atoms with van der Waals surface area (Å²) in [6, 6.07) is 6.28. The van der Waals surface area contributed by atoms with Gasteiger partial charge in [0.15, 0.2) is 0 Å². The maximum atomic E-state index is 12.5. The molecular weight excluding hydrogens is 416 g/mol. The van der Waals surface area contributed by atoms with Crippen molar-refractivity contribution in [1.29, 1.82) is 0 Å². The Morgan fingerprint density at radius 2 is 1.71 bits per heavy atom. The third kappa shape index (κ3) is 8.19. The molecule has 0 radical (unpaired) electrons. The van der Waals surface area contributed by atoms with Crippen LogP contribution in [0.25, 0.3) is 0 Å². The number of nitrogens with one attached hydrogen (secondary N) is 3. The summed E-state index contributed by atoms with van der Waals surface area (Å²) in [6.07, 6.45) is 1.39. The Morgan fingerprint density at radius 1 is 1.03 bits per heavy atom. The Hall–Kier alpha value is -2.64. The van der Waals surface area contributed by atoms with E-state index in [0.717, 1.165) is 5.56 Å². The average Bonchev–Trinajstić information content (AvgIpc) is 2.61. The van der Waals surface area contributed by atoms with E-state index in [-0.39, 0.29) is 35.2 Å². The van der Waals surface area contributed by atoms with Crippen LogP contribution in [-0.2, 0) is 17.8 Å². The monoisotopic (exact) mass is 446 g/mol. The molecule has 0 saturated carbocycles. The zero-order valence-electron chi connectivity index (χ0n) is 18.9. The molecule has 31 heavy (non-hydrogen) atoms. The molecule has 1 aromatic carbocycles. The number of carbonyl (C=O) groups is 2. The van der Waals surface area contributed by atoms with Crippen molar-refractivity contribution < 1.29 is 14.7 Å². The van der Waals surface area contributed by atoms with Gasteiger partial charge in [0, 0.05) is 40.1 Å². The summed E-state index contributed by atoms with van der Waals surface area (Å²) >= 11 is 6.35. The lowest BCUT2D eigenvalue weighted by Crippen LogP contribution is -2.40. The van der Waals surface area contributed by atoms with Crippen LogP contribution in [-0.4, -0.2) is 33.0 Å². The molecule has 4 N–H and O–H groups in total. The molecule has 2 rings (SSSR count). The van der Waals surface area contributed by atoms with Crippen molar-refractivity contribution in [2.24, 2.45) is 0 Å². The van der Waals surface area contributed by atoms with Gasteiger partial charge in [-0.1, -0.05) is 11.6 Å². The molecule has 0 atom stereocenters. The van der Waals surface area contributed by atoms with Crippen molar-refractivity contribution in [3.8, 4) is 5.75 Å². The lowest BCUT2D eigenvalue weighted by molar-refractivity contribution is -0.115. The van der Waals surface area contributed by atoms with Crippen molar-refractivity contribution >= 4 is 29.1 Å². The number of rotatable bonds is 6. The number of pyridine rings is 1. The van der Waals surface area contributed by atoms with Gasteiger partial charge in [-0.3, -0.25) is 14.6 Å². The number of amides is 2. The van der Waals surface area contributed by atoms with Crippen LogP contribution in [0, 0.1) is 0 Å². The molecule has 0 unspecified atom stereocenters. The maximum absolute atomic E-state index is 12.5. The zero-order chi connectivity index (χ0) is 23.4. The van der Waals surface area contributed by atoms with E-state index >= 15 is 0 Å². The van der Waals surface area contributed by atoms with Gasteiger partial charge in [-0.05, 0) is 71.4 Å². The largest absolute Gasteiger partial charge is 0.508 e. The number of nitrogens with zero attached hydrogens (tertiary/aromatic N) is 1. The third-order valence-corrected chi connectivity index (χ3v) is 4.52. The fourth-order valence-corrected chi connectivity index (χ4v) is 2.95. The van der Waals surface area contributed by atoms with E-state index in [9.17, 15) is 14.7 Å². The first-order valence-corrected chi connectivity index (χ1v) is 10.4. The van der Waals surface area contributed by atoms with Crippen LogP contribution in [0.2, 0.25) is 5.02 Å². The highest BCUT2D eigenvalue weighted by Gasteiger charge is 2.18. The zero-order valence-corrected chi connectivity index (χ0v) is 19.6. The van der Waals surface area contributed by atoms with Gasteiger partial charge >= 0.3 is 0 Å². The van der Waals surface area contributed by atoms with Gasteiger partial charge in [-0.25, -0.2) is 0 Å². The molecule has 0 aliphatic carbocycles. The SMILES string of the molecule is CC(C)(C)NCc1cc(O)c(CC(=O)Nc2ccnc(C(=O)NC(C)(C)C)c2)cc1Cl. The predicted octanol–water partition coefficient (Wildman–Crippen LogP) is 4.04. The van der Waals surface area contributed by atoms with Crippen molar-refractivity contribution in [3.05, 3.63) is 52.3 Å². The maximum Gasteiger partial charge on any atom is 0.270 e. The van der Waals surface area contributed by atoms with Crippen LogP contribution in [0.4, 0.5) is 5.69 Å². The molecule has 8 heteroatoms. The van der Waals surface area contributed by atoms with Crippen LogP contribution in [0.3, 0.4) is 0 Å². The molecule has 0 bridgehead atoms. The first-order valence-electron chi connectivity index (χ1n) is 10.1. The van der Waals surface area contributed by atoms with Gasteiger partial charge in [0.1, 0.15) is 11.4 Å². The van der Waals surface area contributed by atoms with Crippen molar-refractivity contribution in [1.82, 2.24) is 15.6 Å². The van der Waals surface area contributed by atoms with Crippen LogP contribution in [0.5, 0.6) is 5.75 Å². The summed E-state index contributed by atoms with van der Waals surface area (Å²) in [4.78, 5) is 28.8. The summed E-state index contributed by atoms with van der Waals surface area (Å²) in [5.41, 5.74) is 1.32. The topological polar surface area (TPSA) is 103 Å². The van der Waals surface area contributed by atoms with Crippen molar-refractivity contribution in [2.45, 2.75) is 65.6 Å². The minimum atomic E-state index is -0.399. The average molecular weight is 447 g/mol. The molecule has 0 aliphatic rings. The summed E-state index contributed by atoms with van der Waals surface area (Å²) in [5, 5.41) is 19.7. The normalized spacial score (nSPS) is 11.8. The molecule has 0 spiro atoms. The molecule has 168 valence electrons. The van der Waals surface area contributed by atoms with E-state index in [1.165, 1.54) is 12.3 Å². The number of hydrogen-bond donors (Lipinski definition) is 4. The standard InChI is InChI=1S/C23H31ClN4O3/c1-22(2,3)26-13-15-10-19(29)14(9-17(15)24)11-20(30)27-16-7-8-25-18(12-16)21(31)28-23(4,5)6/h7-10,12,26,29H,11,13H2,1-6H3,(H,28,31)(H,25,27,30). The van der Waals surface area contributed by atoms with Crippen LogP contribution >= 0.6 is 11.6 Å². The van der Waals surface area contributed by atoms with E-state index in [2.05, 4.69) is 20.9 Å². The summed E-state index contributed by atoms with van der Waals surface area (Å²) in [6.45, 7) is 12.2. The van der Waals surface area contributed by atoms with E-state index in [1.807, 2.05) is 41.5 Å². The molecule has 0 aliphatic heterocycles. The minimum absolute atomic E-state index is 0.00484. The fourth-order valence-electron chi connectivity index (χ4n) is 2.70. The Labute approximate surface area is 188 Å². The molecule has 2 aromatic rings. The number of phenolic OH excluding ortho intramolecular Hbond substituents is 1. The predicted molar refractivity (Wildman–Crippen MR) is 123 cm³/mol. The highest BCUT2D eigenvalue weighted by Crippen LogP contribution is 2.27. The van der Waals surface area contributed by atoms with Gasteiger partial charge in [0.25, 0.3) is 5.91 Å². The number of anilines is 1. The first kappa shape index (κ1) is 24.6. The van der Waals surface area contributed by atoms with E-state index in [4.69, 9.17) is 11.6 Å². The Morgan fingerprint density at radius 3 is 2.32 bits per heavy atom. The Bertz CT molecular complexity index is 962. The molecule has 1 heterocycles. The number of phenols is 1. The number of aromatic nitrogens is 1. The summed E-state index contributed by atoms with van der Waals surface area (Å²) < 4.78 is 0. The second-order valence-electron chi connectivity index (χ2n) is 9.53. The lowest BCUT2D eigenvalue weighted by Gasteiger charge is -2.21. The highest BCUT2D eigenvalue weighted by atomic mass is 35.5. The summed E-state index contributed by atoms with van der Waals surface area (Å²) in [7, 11) is 0. The number of hydrogen-bond acceptors (Lipinski definition) is 5. The quantitative estimate of drug-likeness (QED) is 0.536. The molecule has 7 nitrogen and oxygen atoms in total. The second-order valence-corrected chi connectivity index (χ2v) is 9.94. The number of aromatic hydroxyl groups is 1. The number of halogens is 1. The van der Waals surface area contributed by atoms with E-state index < -0.39 is 5.54 Å². The van der Waals surface area contributed by atoms with E-state index in [1.54, 1.807) is 18.2 Å². The van der Waals surface area contributed by atoms with Gasteiger partial charge in [-0.15, -0.1) is 0 Å². The Balaban J connectivity index is 2.07. The van der Waals surface area contributed by atoms with Gasteiger partial charge in [0.2, 0.25) is 5.91 Å². The van der Waals surface area contributed by atoms with Gasteiger partial charge in [-0.2, -0.15) is 0 Å². The third-order valence-electron chi connectivity index (χ3n) is 4.17. The summed E-state index contributed by atoms with van der Waals surface area (Å²) in [5.74, 6) is -0.668. The molecule has 2 amide bonds. The molecule has 0 fully saturated rings. The highest BCUT2D eigenvalue weighted by molar-refractivity contribution is 6.31. The molecular formula is C23H31ClN4O3. The van der Waals surface area contributed by atoms with Crippen LogP contribution < -0.4 is 16.0 Å². The number of benzene rings is 1. The smallest absolute Gasteiger partial charge is 0.270 e. The number of carbonyl (C=O) groups excluding carboxylic acids is 2. The Kier molecular flexibility index (Phi) is 7.68. The second kappa shape index (κ2) is 9.66. The van der Waals surface area contributed by atoms with Crippen molar-refractivity contribution in [3.63, 3.8) is 0 Å². The van der Waals surface area contributed by atoms with Crippen LogP contribution in [0.15, 0.2) is 30.5 Å². The first-order chi connectivity index (χ1) is 14.2.